The van der Waals surface area contributed by atoms with Crippen LogP contribution in [0.2, 0.25) is 0 Å². The second kappa shape index (κ2) is 10.4. The second-order valence-corrected chi connectivity index (χ2v) is 6.66. The summed E-state index contributed by atoms with van der Waals surface area (Å²) >= 11 is 1.90. The molecular weight excluding hydrogens is 306 g/mol. The first kappa shape index (κ1) is 18.0. The maximum absolute atomic E-state index is 5.55. The van der Waals surface area contributed by atoms with Crippen molar-refractivity contribution in [3.8, 4) is 5.75 Å². The number of ether oxygens (including phenoxy) is 1. The highest BCUT2D eigenvalue weighted by Gasteiger charge is 2.11. The van der Waals surface area contributed by atoms with Gasteiger partial charge in [-0.15, -0.1) is 0 Å². The Hall–Kier alpha value is -1.36. The molecule has 1 aliphatic rings. The molecule has 1 aromatic rings. The lowest BCUT2D eigenvalue weighted by atomic mass is 10.1. The van der Waals surface area contributed by atoms with E-state index in [4.69, 9.17) is 4.74 Å². The molecule has 0 saturated carbocycles. The van der Waals surface area contributed by atoms with Crippen LogP contribution in [0.1, 0.15) is 30.9 Å². The van der Waals surface area contributed by atoms with Crippen LogP contribution in [0.4, 0.5) is 0 Å². The van der Waals surface area contributed by atoms with Gasteiger partial charge in [-0.2, -0.15) is 11.8 Å². The van der Waals surface area contributed by atoms with Gasteiger partial charge in [0.05, 0.1) is 6.61 Å². The maximum Gasteiger partial charge on any atom is 0.191 e. The SMILES string of the molecule is CCNC(=NCCCCSC)NCCc1ccc2c(c1)CCO2. The zero-order valence-electron chi connectivity index (χ0n) is 14.4. The van der Waals surface area contributed by atoms with E-state index in [1.165, 1.54) is 23.3 Å². The second-order valence-electron chi connectivity index (χ2n) is 5.68. The Labute approximate surface area is 144 Å². The summed E-state index contributed by atoms with van der Waals surface area (Å²) in [6, 6.07) is 6.54. The number of rotatable bonds is 9. The van der Waals surface area contributed by atoms with Gasteiger partial charge in [0, 0.05) is 26.1 Å². The number of fused-ring (bicyclic) bond motifs is 1. The van der Waals surface area contributed by atoms with E-state index in [0.29, 0.717) is 0 Å². The molecule has 1 heterocycles. The molecule has 2 N–H and O–H groups in total. The summed E-state index contributed by atoms with van der Waals surface area (Å²) in [6.07, 6.45) is 6.59. The summed E-state index contributed by atoms with van der Waals surface area (Å²) in [5.41, 5.74) is 2.70. The van der Waals surface area contributed by atoms with Crippen LogP contribution in [0.15, 0.2) is 23.2 Å². The number of hydrogen-bond acceptors (Lipinski definition) is 3. The fourth-order valence-electron chi connectivity index (χ4n) is 2.61. The zero-order chi connectivity index (χ0) is 16.3. The van der Waals surface area contributed by atoms with Crippen molar-refractivity contribution in [3.05, 3.63) is 29.3 Å². The Bertz CT molecular complexity index is 505. The fourth-order valence-corrected chi connectivity index (χ4v) is 3.10. The molecule has 0 amide bonds. The lowest BCUT2D eigenvalue weighted by Crippen LogP contribution is -2.38. The fraction of sp³-hybridized carbons (Fsp3) is 0.611. The van der Waals surface area contributed by atoms with Crippen LogP contribution in [0.25, 0.3) is 0 Å². The summed E-state index contributed by atoms with van der Waals surface area (Å²) < 4.78 is 5.55. The van der Waals surface area contributed by atoms with Crippen LogP contribution in [-0.2, 0) is 12.8 Å². The molecule has 5 heteroatoms. The lowest BCUT2D eigenvalue weighted by molar-refractivity contribution is 0.357. The van der Waals surface area contributed by atoms with E-state index >= 15 is 0 Å². The number of thioether (sulfide) groups is 1. The van der Waals surface area contributed by atoms with Crippen molar-refractivity contribution < 1.29 is 4.74 Å². The quantitative estimate of drug-likeness (QED) is 0.414. The first-order valence-electron chi connectivity index (χ1n) is 8.59. The highest BCUT2D eigenvalue weighted by atomic mass is 32.2. The molecule has 0 atom stereocenters. The van der Waals surface area contributed by atoms with E-state index in [1.54, 1.807) is 0 Å². The molecule has 0 spiro atoms. The number of benzene rings is 1. The van der Waals surface area contributed by atoms with E-state index in [1.807, 2.05) is 11.8 Å². The Kier molecular flexibility index (Phi) is 8.15. The molecule has 1 aliphatic heterocycles. The van der Waals surface area contributed by atoms with Crippen molar-refractivity contribution in [2.75, 3.05) is 38.2 Å². The van der Waals surface area contributed by atoms with Gasteiger partial charge in [-0.05, 0) is 55.4 Å². The summed E-state index contributed by atoms with van der Waals surface area (Å²) in [5, 5.41) is 6.75. The van der Waals surface area contributed by atoms with Gasteiger partial charge in [0.1, 0.15) is 5.75 Å². The zero-order valence-corrected chi connectivity index (χ0v) is 15.2. The Morgan fingerprint density at radius 1 is 1.30 bits per heavy atom. The first-order chi connectivity index (χ1) is 11.3. The van der Waals surface area contributed by atoms with Crippen LogP contribution in [0, 0.1) is 0 Å². The smallest absolute Gasteiger partial charge is 0.191 e. The minimum absolute atomic E-state index is 0.824. The number of nitrogens with one attached hydrogen (secondary N) is 2. The van der Waals surface area contributed by atoms with Crippen molar-refractivity contribution in [2.24, 2.45) is 4.99 Å². The average molecular weight is 336 g/mol. The first-order valence-corrected chi connectivity index (χ1v) is 9.98. The van der Waals surface area contributed by atoms with Crippen LogP contribution in [-0.4, -0.2) is 44.2 Å². The summed E-state index contributed by atoms with van der Waals surface area (Å²) in [7, 11) is 0. The van der Waals surface area contributed by atoms with Gasteiger partial charge < -0.3 is 15.4 Å². The van der Waals surface area contributed by atoms with Gasteiger partial charge in [-0.25, -0.2) is 0 Å². The molecule has 0 bridgehead atoms. The largest absolute Gasteiger partial charge is 0.493 e. The molecule has 0 radical (unpaired) electrons. The molecule has 0 aromatic heterocycles. The summed E-state index contributed by atoms with van der Waals surface area (Å²) in [5.74, 6) is 3.21. The van der Waals surface area contributed by atoms with Crippen LogP contribution in [0.3, 0.4) is 0 Å². The normalized spacial score (nSPS) is 13.6. The van der Waals surface area contributed by atoms with E-state index in [-0.39, 0.29) is 0 Å². The maximum atomic E-state index is 5.55. The van der Waals surface area contributed by atoms with Crippen molar-refractivity contribution in [1.82, 2.24) is 10.6 Å². The van der Waals surface area contributed by atoms with Crippen molar-refractivity contribution >= 4 is 17.7 Å². The highest BCUT2D eigenvalue weighted by Crippen LogP contribution is 2.25. The number of nitrogens with zero attached hydrogens (tertiary/aromatic N) is 1. The van der Waals surface area contributed by atoms with E-state index in [2.05, 4.69) is 47.0 Å². The monoisotopic (exact) mass is 335 g/mol. The molecule has 4 nitrogen and oxygen atoms in total. The minimum Gasteiger partial charge on any atom is -0.493 e. The Morgan fingerprint density at radius 3 is 3.04 bits per heavy atom. The molecule has 128 valence electrons. The number of guanidine groups is 1. The van der Waals surface area contributed by atoms with E-state index < -0.39 is 0 Å². The number of aliphatic imine (C=N–C) groups is 1. The average Bonchev–Trinajstić information content (AvgIpc) is 3.02. The number of unbranched alkanes of at least 4 members (excludes halogenated alkanes) is 1. The molecule has 0 unspecified atom stereocenters. The van der Waals surface area contributed by atoms with Crippen LogP contribution >= 0.6 is 11.8 Å². The minimum atomic E-state index is 0.824. The Morgan fingerprint density at radius 2 is 2.22 bits per heavy atom. The van der Waals surface area contributed by atoms with E-state index in [0.717, 1.165) is 57.2 Å². The topological polar surface area (TPSA) is 45.7 Å². The molecular formula is C18H29N3OS. The third-order valence-electron chi connectivity index (χ3n) is 3.83. The molecule has 2 rings (SSSR count). The van der Waals surface area contributed by atoms with Gasteiger partial charge in [-0.3, -0.25) is 4.99 Å². The van der Waals surface area contributed by atoms with E-state index in [9.17, 15) is 0 Å². The third-order valence-corrected chi connectivity index (χ3v) is 4.53. The van der Waals surface area contributed by atoms with Gasteiger partial charge in [0.15, 0.2) is 5.96 Å². The highest BCUT2D eigenvalue weighted by molar-refractivity contribution is 7.98. The van der Waals surface area contributed by atoms with Crippen molar-refractivity contribution in [3.63, 3.8) is 0 Å². The molecule has 0 saturated heterocycles. The Balaban J connectivity index is 1.74. The predicted octanol–water partition coefficient (Wildman–Crippen LogP) is 2.86. The molecule has 1 aromatic carbocycles. The van der Waals surface area contributed by atoms with Gasteiger partial charge in [0.2, 0.25) is 0 Å². The van der Waals surface area contributed by atoms with Crippen molar-refractivity contribution in [2.45, 2.75) is 32.6 Å². The molecule has 0 aliphatic carbocycles. The van der Waals surface area contributed by atoms with Crippen molar-refractivity contribution in [1.29, 1.82) is 0 Å². The number of hydrogen-bond donors (Lipinski definition) is 2. The van der Waals surface area contributed by atoms with Crippen LogP contribution < -0.4 is 15.4 Å². The lowest BCUT2D eigenvalue weighted by Gasteiger charge is -2.11. The predicted molar refractivity (Wildman–Crippen MR) is 101 cm³/mol. The molecule has 0 fully saturated rings. The standard InChI is InChI=1S/C18H29N3OS/c1-3-19-18(20-10-4-5-13-23-2)21-11-8-15-6-7-17-16(14-15)9-12-22-17/h6-7,14H,3-5,8-13H2,1-2H3,(H2,19,20,21). The third kappa shape index (κ3) is 6.34. The summed E-state index contributed by atoms with van der Waals surface area (Å²) in [4.78, 5) is 4.64. The van der Waals surface area contributed by atoms with Crippen LogP contribution in [0.5, 0.6) is 5.75 Å². The van der Waals surface area contributed by atoms with Gasteiger partial charge in [-0.1, -0.05) is 12.1 Å². The van der Waals surface area contributed by atoms with Gasteiger partial charge in [0.25, 0.3) is 0 Å². The summed E-state index contributed by atoms with van der Waals surface area (Å²) in [6.45, 7) is 5.62. The van der Waals surface area contributed by atoms with Gasteiger partial charge >= 0.3 is 0 Å². The molecule has 23 heavy (non-hydrogen) atoms.